The number of hydrogen-bond donors (Lipinski definition) is 2. The SMILES string of the molecule is Cc1nn(C2CCn3cc(Cl)nc32)cc1NC1N=C(N)C(C(F)(F)F)=CN1C. The molecule has 28 heavy (non-hydrogen) atoms. The first-order valence-electron chi connectivity index (χ1n) is 8.53. The van der Waals surface area contributed by atoms with Gasteiger partial charge in [0.05, 0.1) is 11.4 Å². The molecule has 12 heteroatoms. The van der Waals surface area contributed by atoms with Gasteiger partial charge < -0.3 is 20.5 Å². The lowest BCUT2D eigenvalue weighted by atomic mass is 10.2. The Morgan fingerprint density at radius 2 is 2.07 bits per heavy atom. The third kappa shape index (κ3) is 3.19. The molecule has 4 heterocycles. The molecule has 0 saturated heterocycles. The minimum atomic E-state index is -4.56. The van der Waals surface area contributed by atoms with Crippen molar-refractivity contribution in [2.45, 2.75) is 38.4 Å². The van der Waals surface area contributed by atoms with E-state index in [0.29, 0.717) is 16.5 Å². The predicted molar refractivity (Wildman–Crippen MR) is 97.9 cm³/mol. The zero-order chi connectivity index (χ0) is 20.2. The monoisotopic (exact) mass is 414 g/mol. The van der Waals surface area contributed by atoms with Crippen molar-refractivity contribution < 1.29 is 13.2 Å². The average molecular weight is 415 g/mol. The van der Waals surface area contributed by atoms with E-state index in [9.17, 15) is 13.2 Å². The largest absolute Gasteiger partial charge is 0.421 e. The molecule has 0 fully saturated rings. The second-order valence-corrected chi connectivity index (χ2v) is 7.15. The summed E-state index contributed by atoms with van der Waals surface area (Å²) in [6, 6.07) is -0.0591. The Hall–Kier alpha value is -2.69. The number of aryl methyl sites for hydroxylation is 2. The van der Waals surface area contributed by atoms with Crippen molar-refractivity contribution in [3.05, 3.63) is 40.8 Å². The van der Waals surface area contributed by atoms with E-state index < -0.39 is 23.9 Å². The van der Waals surface area contributed by atoms with Crippen LogP contribution >= 0.6 is 11.6 Å². The fraction of sp³-hybridized carbons (Fsp3) is 0.438. The van der Waals surface area contributed by atoms with Gasteiger partial charge in [-0.15, -0.1) is 0 Å². The summed E-state index contributed by atoms with van der Waals surface area (Å²) in [6.45, 7) is 2.60. The van der Waals surface area contributed by atoms with Crippen LogP contribution in [0.4, 0.5) is 18.9 Å². The van der Waals surface area contributed by atoms with E-state index in [1.807, 2.05) is 4.57 Å². The van der Waals surface area contributed by atoms with Crippen LogP contribution in [0.3, 0.4) is 0 Å². The molecule has 2 unspecified atom stereocenters. The first-order chi connectivity index (χ1) is 13.1. The quantitative estimate of drug-likeness (QED) is 0.805. The number of halogens is 4. The number of nitrogens with one attached hydrogen (secondary N) is 1. The van der Waals surface area contributed by atoms with Crippen LogP contribution in [0.1, 0.15) is 24.0 Å². The zero-order valence-electron chi connectivity index (χ0n) is 15.1. The van der Waals surface area contributed by atoms with Crippen LogP contribution in [0.2, 0.25) is 5.15 Å². The second kappa shape index (κ2) is 6.43. The maximum absolute atomic E-state index is 13.0. The number of alkyl halides is 3. The van der Waals surface area contributed by atoms with Crippen molar-refractivity contribution in [3.8, 4) is 0 Å². The van der Waals surface area contributed by atoms with Crippen LogP contribution in [0, 0.1) is 6.92 Å². The van der Waals surface area contributed by atoms with Gasteiger partial charge in [-0.2, -0.15) is 18.3 Å². The van der Waals surface area contributed by atoms with Crippen LogP contribution in [0.25, 0.3) is 0 Å². The average Bonchev–Trinajstić information content (AvgIpc) is 3.24. The Bertz CT molecular complexity index is 973. The summed E-state index contributed by atoms with van der Waals surface area (Å²) in [5.74, 6) is 0.273. The maximum atomic E-state index is 13.0. The summed E-state index contributed by atoms with van der Waals surface area (Å²) in [5.41, 5.74) is 5.89. The van der Waals surface area contributed by atoms with E-state index in [2.05, 4.69) is 20.4 Å². The van der Waals surface area contributed by atoms with E-state index >= 15 is 0 Å². The summed E-state index contributed by atoms with van der Waals surface area (Å²) in [5, 5.41) is 8.05. The van der Waals surface area contributed by atoms with Gasteiger partial charge in [0.2, 0.25) is 0 Å². The number of amidine groups is 1. The van der Waals surface area contributed by atoms with Gasteiger partial charge in [0.25, 0.3) is 0 Å². The molecule has 2 aliphatic heterocycles. The highest BCUT2D eigenvalue weighted by Gasteiger charge is 2.39. The number of fused-ring (bicyclic) bond motifs is 1. The molecule has 0 saturated carbocycles. The molecular formula is C16H18ClF3N8. The van der Waals surface area contributed by atoms with Crippen molar-refractivity contribution in [2.75, 3.05) is 12.4 Å². The highest BCUT2D eigenvalue weighted by molar-refractivity contribution is 6.29. The van der Waals surface area contributed by atoms with Crippen LogP contribution < -0.4 is 11.1 Å². The number of aromatic nitrogens is 4. The van der Waals surface area contributed by atoms with Gasteiger partial charge in [0.15, 0.2) is 6.29 Å². The molecule has 0 amide bonds. The summed E-state index contributed by atoms with van der Waals surface area (Å²) in [6.07, 6.45) is 0.00944. The van der Waals surface area contributed by atoms with Gasteiger partial charge in [-0.05, 0) is 13.3 Å². The molecular weight excluding hydrogens is 397 g/mol. The molecule has 2 aromatic heterocycles. The normalized spacial score (nSPS) is 22.1. The lowest BCUT2D eigenvalue weighted by molar-refractivity contribution is -0.0877. The van der Waals surface area contributed by atoms with E-state index in [-0.39, 0.29) is 6.04 Å². The zero-order valence-corrected chi connectivity index (χ0v) is 15.8. The Balaban J connectivity index is 1.55. The van der Waals surface area contributed by atoms with Gasteiger partial charge in [0, 0.05) is 32.2 Å². The Labute approximate surface area is 163 Å². The number of aliphatic imine (C=N–C) groups is 1. The number of hydrogen-bond acceptors (Lipinski definition) is 6. The topological polar surface area (TPSA) is 89.3 Å². The summed E-state index contributed by atoms with van der Waals surface area (Å²) in [4.78, 5) is 9.60. The van der Waals surface area contributed by atoms with E-state index in [4.69, 9.17) is 17.3 Å². The van der Waals surface area contributed by atoms with Crippen molar-refractivity contribution in [2.24, 2.45) is 10.7 Å². The van der Waals surface area contributed by atoms with E-state index in [1.165, 1.54) is 11.9 Å². The molecule has 0 bridgehead atoms. The number of imidazole rings is 1. The Morgan fingerprint density at radius 1 is 1.32 bits per heavy atom. The van der Waals surface area contributed by atoms with Gasteiger partial charge in [-0.1, -0.05) is 11.6 Å². The Morgan fingerprint density at radius 3 is 2.79 bits per heavy atom. The molecule has 0 aromatic carbocycles. The van der Waals surface area contributed by atoms with Crippen LogP contribution in [0.15, 0.2) is 29.2 Å². The predicted octanol–water partition coefficient (Wildman–Crippen LogP) is 2.48. The fourth-order valence-corrected chi connectivity index (χ4v) is 3.60. The lowest BCUT2D eigenvalue weighted by Crippen LogP contribution is -2.42. The molecule has 0 radical (unpaired) electrons. The van der Waals surface area contributed by atoms with E-state index in [1.54, 1.807) is 24.0 Å². The molecule has 150 valence electrons. The number of rotatable bonds is 3. The molecule has 0 spiro atoms. The van der Waals surface area contributed by atoms with Crippen molar-refractivity contribution in [1.29, 1.82) is 0 Å². The summed E-state index contributed by atoms with van der Waals surface area (Å²) < 4.78 is 42.7. The maximum Gasteiger partial charge on any atom is 0.421 e. The first-order valence-corrected chi connectivity index (χ1v) is 8.90. The number of nitrogens with two attached hydrogens (primary N) is 1. The fourth-order valence-electron chi connectivity index (χ4n) is 3.39. The van der Waals surface area contributed by atoms with Crippen molar-refractivity contribution in [1.82, 2.24) is 24.2 Å². The van der Waals surface area contributed by atoms with Crippen molar-refractivity contribution in [3.63, 3.8) is 0 Å². The number of anilines is 1. The molecule has 8 nitrogen and oxygen atoms in total. The van der Waals surface area contributed by atoms with Gasteiger partial charge in [-0.25, -0.2) is 9.98 Å². The van der Waals surface area contributed by atoms with Crippen LogP contribution in [-0.4, -0.2) is 49.6 Å². The standard InChI is InChI=1S/C16H18ClF3N8/c1-8-10(22-15-24-13(21)9(5-26(15)2)16(18,19)20)6-28(25-8)11-3-4-27-7-12(17)23-14(11)27/h5-7,11,15,22H,3-4H2,1-2H3,(H2,21,24). The molecule has 0 aliphatic carbocycles. The minimum absolute atomic E-state index is 0.0591. The first kappa shape index (κ1) is 18.7. The second-order valence-electron chi connectivity index (χ2n) is 6.77. The lowest BCUT2D eigenvalue weighted by Gasteiger charge is -2.30. The van der Waals surface area contributed by atoms with Crippen LogP contribution in [0.5, 0.6) is 0 Å². The molecule has 2 aliphatic rings. The summed E-state index contributed by atoms with van der Waals surface area (Å²) >= 11 is 5.98. The third-order valence-corrected chi connectivity index (χ3v) is 4.98. The van der Waals surface area contributed by atoms with Crippen LogP contribution in [-0.2, 0) is 6.54 Å². The molecule has 4 rings (SSSR count). The number of nitrogens with zero attached hydrogens (tertiary/aromatic N) is 6. The minimum Gasteiger partial charge on any atom is -0.383 e. The summed E-state index contributed by atoms with van der Waals surface area (Å²) in [7, 11) is 1.49. The van der Waals surface area contributed by atoms with Crippen molar-refractivity contribution >= 4 is 23.1 Å². The molecule has 2 aromatic rings. The molecule has 2 atom stereocenters. The van der Waals surface area contributed by atoms with Gasteiger partial charge in [-0.3, -0.25) is 4.68 Å². The molecule has 3 N–H and O–H groups in total. The van der Waals surface area contributed by atoms with Gasteiger partial charge in [0.1, 0.15) is 28.4 Å². The smallest absolute Gasteiger partial charge is 0.383 e. The highest BCUT2D eigenvalue weighted by Crippen LogP contribution is 2.32. The highest BCUT2D eigenvalue weighted by atomic mass is 35.5. The Kier molecular flexibility index (Phi) is 4.29. The van der Waals surface area contributed by atoms with Gasteiger partial charge >= 0.3 is 6.18 Å². The third-order valence-electron chi connectivity index (χ3n) is 4.80. The van der Waals surface area contributed by atoms with E-state index in [0.717, 1.165) is 25.0 Å².